The van der Waals surface area contributed by atoms with Gasteiger partial charge < -0.3 is 33.1 Å². The molecule has 0 aliphatic carbocycles. The van der Waals surface area contributed by atoms with Gasteiger partial charge in [-0.15, -0.1) is 0 Å². The van der Waals surface area contributed by atoms with Gasteiger partial charge in [0.1, 0.15) is 35.4 Å². The number of nitrogens with one attached hydrogen (secondary N) is 1. The largest absolute Gasteiger partial charge is 0.588 e. The fourth-order valence-corrected chi connectivity index (χ4v) is 6.45. The lowest BCUT2D eigenvalue weighted by Crippen LogP contribution is -2.49. The highest BCUT2D eigenvalue weighted by atomic mass is 32.2. The van der Waals surface area contributed by atoms with Crippen LogP contribution < -0.4 is 14.2 Å². The third-order valence-electron chi connectivity index (χ3n) is 7.91. The zero-order valence-corrected chi connectivity index (χ0v) is 28.3. The Bertz CT molecular complexity index is 1730. The molecule has 6 rings (SSSR count). The van der Waals surface area contributed by atoms with Gasteiger partial charge in [0.25, 0.3) is 0 Å². The van der Waals surface area contributed by atoms with Crippen molar-refractivity contribution in [2.45, 2.75) is 62.9 Å². The van der Waals surface area contributed by atoms with Crippen LogP contribution in [0.2, 0.25) is 0 Å². The minimum Gasteiger partial charge on any atom is -0.588 e. The van der Waals surface area contributed by atoms with Gasteiger partial charge in [0, 0.05) is 24.8 Å². The van der Waals surface area contributed by atoms with Crippen LogP contribution in [-0.4, -0.2) is 82.0 Å². The average molecular weight is 682 g/mol. The molecule has 2 saturated heterocycles. The van der Waals surface area contributed by atoms with E-state index >= 15 is 0 Å². The summed E-state index contributed by atoms with van der Waals surface area (Å²) in [5, 5.41) is 5.38. The first-order valence-electron chi connectivity index (χ1n) is 15.9. The van der Waals surface area contributed by atoms with Crippen molar-refractivity contribution >= 4 is 34.0 Å². The van der Waals surface area contributed by atoms with Crippen LogP contribution in [0, 0.1) is 5.82 Å². The molecule has 3 atom stereocenters. The van der Waals surface area contributed by atoms with Crippen molar-refractivity contribution in [3.63, 3.8) is 0 Å². The number of nitrogens with zero attached hydrogens (tertiary/aromatic N) is 4. The Kier molecular flexibility index (Phi) is 10.2. The minimum absolute atomic E-state index is 0.0123. The second kappa shape index (κ2) is 14.6. The van der Waals surface area contributed by atoms with E-state index < -0.39 is 22.8 Å². The Labute approximate surface area is 281 Å². The molecule has 4 heterocycles. The molecule has 3 unspecified atom stereocenters. The van der Waals surface area contributed by atoms with E-state index in [1.807, 2.05) is 43.7 Å². The Morgan fingerprint density at radius 1 is 1.12 bits per heavy atom. The lowest BCUT2D eigenvalue weighted by Gasteiger charge is -2.34. The summed E-state index contributed by atoms with van der Waals surface area (Å²) >= 11 is -1.86. The summed E-state index contributed by atoms with van der Waals surface area (Å²) < 4.78 is 61.0. The zero-order chi connectivity index (χ0) is 33.8. The smallest absolute Gasteiger partial charge is 0.410 e. The van der Waals surface area contributed by atoms with Crippen LogP contribution >= 0.6 is 0 Å². The second-order valence-electron chi connectivity index (χ2n) is 12.6. The first-order chi connectivity index (χ1) is 23.1. The Morgan fingerprint density at radius 3 is 2.67 bits per heavy atom. The molecule has 12 nitrogen and oxygen atoms in total. The van der Waals surface area contributed by atoms with Gasteiger partial charge in [0.05, 0.1) is 48.7 Å². The van der Waals surface area contributed by atoms with Crippen molar-refractivity contribution in [1.82, 2.24) is 19.7 Å². The van der Waals surface area contributed by atoms with Gasteiger partial charge in [0.15, 0.2) is 12.0 Å². The van der Waals surface area contributed by atoms with E-state index in [-0.39, 0.29) is 29.9 Å². The van der Waals surface area contributed by atoms with Crippen LogP contribution in [0.1, 0.15) is 46.3 Å². The van der Waals surface area contributed by atoms with Crippen molar-refractivity contribution in [3.05, 3.63) is 60.5 Å². The highest BCUT2D eigenvalue weighted by molar-refractivity contribution is 7.92. The number of fused-ring (bicyclic) bond motifs is 1. The maximum Gasteiger partial charge on any atom is 0.410 e. The molecular formula is C34H40FN5O7S. The molecule has 2 aliphatic rings. The van der Waals surface area contributed by atoms with E-state index in [1.54, 1.807) is 23.2 Å². The standard InChI is InChI=1S/C34H40FN5O7S/c1-34(2,3)47-33(41)39-14-16-44-25(20-39)21-46-32-26-19-36-40(31-7-5-6-15-45-31)29(26)18-28(37-32)22-8-10-23(11-9-22)38-48(42)30-17-24(43-4)12-13-27(30)35/h8-13,17-19,25,31,38H,5-7,14-16,20-21H2,1-4H3. The molecule has 0 bridgehead atoms. The molecule has 2 fully saturated rings. The third-order valence-corrected chi connectivity index (χ3v) is 9.05. The Hall–Kier alpha value is -4.11. The van der Waals surface area contributed by atoms with Crippen molar-refractivity contribution < 1.29 is 37.4 Å². The Morgan fingerprint density at radius 2 is 1.94 bits per heavy atom. The first-order valence-corrected chi connectivity index (χ1v) is 17.1. The van der Waals surface area contributed by atoms with Crippen LogP contribution in [0.3, 0.4) is 0 Å². The summed E-state index contributed by atoms with van der Waals surface area (Å²) in [6.07, 6.45) is 3.64. The highest BCUT2D eigenvalue weighted by Gasteiger charge is 2.29. The topological polar surface area (TPSA) is 132 Å². The van der Waals surface area contributed by atoms with Gasteiger partial charge >= 0.3 is 6.09 Å². The fraction of sp³-hybridized carbons (Fsp3) is 0.441. The molecule has 2 aromatic heterocycles. The second-order valence-corrected chi connectivity index (χ2v) is 13.8. The number of aromatic nitrogens is 3. The Balaban J connectivity index is 1.23. The number of benzene rings is 2. The van der Waals surface area contributed by atoms with Crippen LogP contribution in [0.25, 0.3) is 22.2 Å². The lowest BCUT2D eigenvalue weighted by molar-refractivity contribution is -0.0559. The van der Waals surface area contributed by atoms with Crippen molar-refractivity contribution in [2.75, 3.05) is 44.7 Å². The summed E-state index contributed by atoms with van der Waals surface area (Å²) in [4.78, 5) is 19.2. The summed E-state index contributed by atoms with van der Waals surface area (Å²) in [5.74, 6) is 0.182. The molecule has 1 amide bonds. The maximum atomic E-state index is 14.4. The van der Waals surface area contributed by atoms with Gasteiger partial charge in [-0.2, -0.15) is 5.10 Å². The van der Waals surface area contributed by atoms with Crippen molar-refractivity contribution in [2.24, 2.45) is 0 Å². The SMILES string of the molecule is COc1ccc(F)c([S+]([O-])Nc2ccc(-c3cc4c(cnn4C4CCCCO4)c(OCC4CN(C(=O)OC(C)(C)C)CCO4)n3)cc2)c1. The molecule has 0 radical (unpaired) electrons. The number of rotatable bonds is 9. The van der Waals surface area contributed by atoms with Gasteiger partial charge in [-0.1, -0.05) is 12.1 Å². The minimum atomic E-state index is -1.86. The molecule has 4 aromatic rings. The molecule has 1 N–H and O–H groups in total. The summed E-state index contributed by atoms with van der Waals surface area (Å²) in [7, 11) is 1.47. The average Bonchev–Trinajstić information content (AvgIpc) is 3.52. The van der Waals surface area contributed by atoms with Gasteiger partial charge in [-0.25, -0.2) is 23.6 Å². The molecule has 0 saturated carbocycles. The van der Waals surface area contributed by atoms with E-state index in [0.29, 0.717) is 49.3 Å². The summed E-state index contributed by atoms with van der Waals surface area (Å²) in [6.45, 7) is 7.45. The molecule has 0 spiro atoms. The zero-order valence-electron chi connectivity index (χ0n) is 27.4. The predicted octanol–water partition coefficient (Wildman–Crippen LogP) is 6.09. The number of anilines is 1. The van der Waals surface area contributed by atoms with Crippen LogP contribution in [-0.2, 0) is 25.6 Å². The maximum absolute atomic E-state index is 14.4. The molecule has 256 valence electrons. The number of hydrogen-bond acceptors (Lipinski definition) is 10. The van der Waals surface area contributed by atoms with E-state index in [9.17, 15) is 13.7 Å². The number of ether oxygens (including phenoxy) is 5. The molecule has 2 aliphatic heterocycles. The van der Waals surface area contributed by atoms with Gasteiger partial charge in [0.2, 0.25) is 10.8 Å². The highest BCUT2D eigenvalue weighted by Crippen LogP contribution is 2.34. The predicted molar refractivity (Wildman–Crippen MR) is 178 cm³/mol. The van der Waals surface area contributed by atoms with E-state index in [1.165, 1.54) is 25.3 Å². The normalized spacial score (nSPS) is 19.2. The van der Waals surface area contributed by atoms with Crippen molar-refractivity contribution in [3.8, 4) is 22.9 Å². The number of halogens is 1. The number of carbonyl (C=O) groups excluding carboxylic acids is 1. The fourth-order valence-electron chi connectivity index (χ4n) is 5.52. The summed E-state index contributed by atoms with van der Waals surface area (Å²) in [5.41, 5.74) is 2.13. The van der Waals surface area contributed by atoms with Crippen LogP contribution in [0.4, 0.5) is 14.9 Å². The monoisotopic (exact) mass is 681 g/mol. The van der Waals surface area contributed by atoms with E-state index in [4.69, 9.17) is 28.7 Å². The first kappa shape index (κ1) is 33.8. The van der Waals surface area contributed by atoms with E-state index in [0.717, 1.165) is 35.7 Å². The third kappa shape index (κ3) is 7.95. The molecule has 14 heteroatoms. The quantitative estimate of drug-likeness (QED) is 0.207. The number of amides is 1. The molecule has 2 aromatic carbocycles. The van der Waals surface area contributed by atoms with E-state index in [2.05, 4.69) is 9.82 Å². The van der Waals surface area contributed by atoms with Crippen LogP contribution in [0.15, 0.2) is 59.6 Å². The number of morpholine rings is 1. The van der Waals surface area contributed by atoms with Gasteiger partial charge in [-0.3, -0.25) is 0 Å². The molecule has 48 heavy (non-hydrogen) atoms. The number of methoxy groups -OCH3 is 1. The number of hydrogen-bond donors (Lipinski definition) is 1. The number of carbonyl (C=O) groups is 1. The molecular weight excluding hydrogens is 641 g/mol. The number of pyridine rings is 1. The van der Waals surface area contributed by atoms with Gasteiger partial charge in [-0.05, 0) is 70.4 Å². The lowest BCUT2D eigenvalue weighted by atomic mass is 10.1. The van der Waals surface area contributed by atoms with Crippen molar-refractivity contribution in [1.29, 1.82) is 0 Å². The van der Waals surface area contributed by atoms with Crippen LogP contribution in [0.5, 0.6) is 11.6 Å². The summed E-state index contributed by atoms with van der Waals surface area (Å²) in [6, 6.07) is 13.2.